The Morgan fingerprint density at radius 3 is 2.60 bits per heavy atom. The summed E-state index contributed by atoms with van der Waals surface area (Å²) in [6, 6.07) is 10.3. The third-order valence-electron chi connectivity index (χ3n) is 3.30. The highest BCUT2D eigenvalue weighted by molar-refractivity contribution is 7.22. The second-order valence-corrected chi connectivity index (χ2v) is 6.88. The standard InChI is InChI=1S/C17H15ClN4O2S/c1-9-3-5-13(12(18)7-9)21-16(24)20-11-4-6-14-15(8-11)25-17(22-14)19-10(2)23/h3-8H,1-2H3,(H,19,22,23)(H2,20,21,24). The fourth-order valence-corrected chi connectivity index (χ4v) is 3.45. The minimum Gasteiger partial charge on any atom is -0.308 e. The first-order valence-electron chi connectivity index (χ1n) is 7.43. The molecule has 3 aromatic rings. The first kappa shape index (κ1) is 17.2. The molecule has 128 valence electrons. The molecular weight excluding hydrogens is 360 g/mol. The van der Waals surface area contributed by atoms with Crippen molar-refractivity contribution in [3.63, 3.8) is 0 Å². The smallest absolute Gasteiger partial charge is 0.308 e. The maximum absolute atomic E-state index is 12.2. The maximum atomic E-state index is 12.2. The van der Waals surface area contributed by atoms with Crippen molar-refractivity contribution in [2.45, 2.75) is 13.8 Å². The van der Waals surface area contributed by atoms with E-state index in [-0.39, 0.29) is 5.91 Å². The zero-order valence-electron chi connectivity index (χ0n) is 13.5. The Bertz CT molecular complexity index is 970. The largest absolute Gasteiger partial charge is 0.323 e. The molecule has 0 radical (unpaired) electrons. The Morgan fingerprint density at radius 2 is 1.88 bits per heavy atom. The number of benzene rings is 2. The molecule has 0 aliphatic heterocycles. The number of fused-ring (bicyclic) bond motifs is 1. The fourth-order valence-electron chi connectivity index (χ4n) is 2.21. The Morgan fingerprint density at radius 1 is 1.08 bits per heavy atom. The number of nitrogens with one attached hydrogen (secondary N) is 3. The van der Waals surface area contributed by atoms with Crippen molar-refractivity contribution >= 4 is 61.6 Å². The highest BCUT2D eigenvalue weighted by Crippen LogP contribution is 2.28. The number of thiazole rings is 1. The number of carbonyl (C=O) groups is 2. The minimum absolute atomic E-state index is 0.174. The number of hydrogen-bond donors (Lipinski definition) is 3. The van der Waals surface area contributed by atoms with Crippen LogP contribution in [-0.2, 0) is 4.79 Å². The van der Waals surface area contributed by atoms with Gasteiger partial charge in [-0.2, -0.15) is 0 Å². The van der Waals surface area contributed by atoms with Gasteiger partial charge in [-0.25, -0.2) is 9.78 Å². The molecule has 0 unspecified atom stereocenters. The molecule has 1 heterocycles. The van der Waals surface area contributed by atoms with Gasteiger partial charge in [0, 0.05) is 12.6 Å². The Balaban J connectivity index is 1.73. The van der Waals surface area contributed by atoms with Gasteiger partial charge in [-0.3, -0.25) is 4.79 Å². The first-order chi connectivity index (χ1) is 11.9. The highest BCUT2D eigenvalue weighted by atomic mass is 35.5. The van der Waals surface area contributed by atoms with Crippen LogP contribution in [0.4, 0.5) is 21.3 Å². The van der Waals surface area contributed by atoms with E-state index in [1.807, 2.05) is 13.0 Å². The van der Waals surface area contributed by atoms with Crippen LogP contribution < -0.4 is 16.0 Å². The predicted molar refractivity (Wildman–Crippen MR) is 103 cm³/mol. The van der Waals surface area contributed by atoms with Gasteiger partial charge in [-0.1, -0.05) is 29.0 Å². The van der Waals surface area contributed by atoms with Gasteiger partial charge < -0.3 is 16.0 Å². The lowest BCUT2D eigenvalue weighted by atomic mass is 10.2. The monoisotopic (exact) mass is 374 g/mol. The number of amides is 3. The number of nitrogens with zero attached hydrogens (tertiary/aromatic N) is 1. The zero-order chi connectivity index (χ0) is 18.0. The number of hydrogen-bond acceptors (Lipinski definition) is 4. The second kappa shape index (κ2) is 7.08. The number of urea groups is 1. The number of halogens is 1. The van der Waals surface area contributed by atoms with E-state index >= 15 is 0 Å². The van der Waals surface area contributed by atoms with Crippen LogP contribution in [0.2, 0.25) is 5.02 Å². The van der Waals surface area contributed by atoms with Crippen molar-refractivity contribution < 1.29 is 9.59 Å². The van der Waals surface area contributed by atoms with Crippen molar-refractivity contribution in [3.05, 3.63) is 47.0 Å². The summed E-state index contributed by atoms with van der Waals surface area (Å²) in [6.07, 6.45) is 0. The van der Waals surface area contributed by atoms with Gasteiger partial charge in [0.2, 0.25) is 5.91 Å². The highest BCUT2D eigenvalue weighted by Gasteiger charge is 2.09. The van der Waals surface area contributed by atoms with E-state index in [4.69, 9.17) is 11.6 Å². The molecule has 0 spiro atoms. The van der Waals surface area contributed by atoms with Crippen LogP contribution in [0.25, 0.3) is 10.2 Å². The summed E-state index contributed by atoms with van der Waals surface area (Å²) in [5.41, 5.74) is 2.92. The summed E-state index contributed by atoms with van der Waals surface area (Å²) in [5.74, 6) is -0.174. The third-order valence-corrected chi connectivity index (χ3v) is 4.55. The molecule has 25 heavy (non-hydrogen) atoms. The summed E-state index contributed by atoms with van der Waals surface area (Å²) in [6.45, 7) is 3.36. The molecule has 0 bridgehead atoms. The number of aryl methyl sites for hydroxylation is 1. The van der Waals surface area contributed by atoms with E-state index in [1.54, 1.807) is 30.3 Å². The van der Waals surface area contributed by atoms with E-state index < -0.39 is 6.03 Å². The molecule has 2 aromatic carbocycles. The topological polar surface area (TPSA) is 83.1 Å². The zero-order valence-corrected chi connectivity index (χ0v) is 15.1. The van der Waals surface area contributed by atoms with Gasteiger partial charge in [-0.15, -0.1) is 0 Å². The van der Waals surface area contributed by atoms with E-state index in [9.17, 15) is 9.59 Å². The van der Waals surface area contributed by atoms with Crippen LogP contribution in [0.5, 0.6) is 0 Å². The lowest BCUT2D eigenvalue weighted by Crippen LogP contribution is -2.19. The summed E-state index contributed by atoms with van der Waals surface area (Å²) in [5, 5.41) is 9.13. The van der Waals surface area contributed by atoms with E-state index in [2.05, 4.69) is 20.9 Å². The van der Waals surface area contributed by atoms with Crippen molar-refractivity contribution in [2.24, 2.45) is 0 Å². The summed E-state index contributed by atoms with van der Waals surface area (Å²) in [7, 11) is 0. The fraction of sp³-hybridized carbons (Fsp3) is 0.118. The molecule has 3 amide bonds. The van der Waals surface area contributed by atoms with Crippen LogP contribution in [-0.4, -0.2) is 16.9 Å². The molecule has 0 aliphatic rings. The number of aromatic nitrogens is 1. The number of anilines is 3. The molecule has 0 saturated carbocycles. The van der Waals surface area contributed by atoms with Crippen molar-refractivity contribution in [1.29, 1.82) is 0 Å². The molecule has 0 fully saturated rings. The molecule has 6 nitrogen and oxygen atoms in total. The molecule has 3 rings (SSSR count). The molecule has 0 saturated heterocycles. The Hall–Kier alpha value is -2.64. The van der Waals surface area contributed by atoms with Crippen molar-refractivity contribution in [2.75, 3.05) is 16.0 Å². The summed E-state index contributed by atoms with van der Waals surface area (Å²) >= 11 is 7.45. The van der Waals surface area contributed by atoms with E-state index in [1.165, 1.54) is 18.3 Å². The van der Waals surface area contributed by atoms with Crippen LogP contribution in [0, 0.1) is 6.92 Å². The molecule has 0 atom stereocenters. The normalized spacial score (nSPS) is 10.5. The maximum Gasteiger partial charge on any atom is 0.323 e. The number of carbonyl (C=O) groups excluding carboxylic acids is 2. The Labute approximate surface area is 153 Å². The minimum atomic E-state index is -0.392. The van der Waals surface area contributed by atoms with Crippen LogP contribution in [0.3, 0.4) is 0 Å². The van der Waals surface area contributed by atoms with Crippen LogP contribution in [0.1, 0.15) is 12.5 Å². The van der Waals surface area contributed by atoms with Gasteiger partial charge in [0.15, 0.2) is 5.13 Å². The average molecular weight is 375 g/mol. The van der Waals surface area contributed by atoms with Gasteiger partial charge in [0.25, 0.3) is 0 Å². The van der Waals surface area contributed by atoms with Gasteiger partial charge in [0.1, 0.15) is 0 Å². The van der Waals surface area contributed by atoms with Gasteiger partial charge in [-0.05, 0) is 42.8 Å². The molecular formula is C17H15ClN4O2S. The SMILES string of the molecule is CC(=O)Nc1nc2ccc(NC(=O)Nc3ccc(C)cc3Cl)cc2s1. The summed E-state index contributed by atoms with van der Waals surface area (Å²) < 4.78 is 0.856. The second-order valence-electron chi connectivity index (χ2n) is 5.45. The van der Waals surface area contributed by atoms with E-state index in [0.717, 1.165) is 15.8 Å². The lowest BCUT2D eigenvalue weighted by molar-refractivity contribution is -0.114. The van der Waals surface area contributed by atoms with Crippen LogP contribution in [0.15, 0.2) is 36.4 Å². The molecule has 8 heteroatoms. The first-order valence-corrected chi connectivity index (χ1v) is 8.62. The predicted octanol–water partition coefficient (Wildman–Crippen LogP) is 4.86. The average Bonchev–Trinajstić information content (AvgIpc) is 2.90. The Kier molecular flexibility index (Phi) is 4.87. The quantitative estimate of drug-likeness (QED) is 0.612. The van der Waals surface area contributed by atoms with Crippen molar-refractivity contribution in [1.82, 2.24) is 4.98 Å². The lowest BCUT2D eigenvalue weighted by Gasteiger charge is -2.09. The summed E-state index contributed by atoms with van der Waals surface area (Å²) in [4.78, 5) is 27.6. The van der Waals surface area contributed by atoms with Gasteiger partial charge in [0.05, 0.1) is 20.9 Å². The molecule has 3 N–H and O–H groups in total. The van der Waals surface area contributed by atoms with Crippen LogP contribution >= 0.6 is 22.9 Å². The third kappa shape index (κ3) is 4.26. The van der Waals surface area contributed by atoms with Crippen molar-refractivity contribution in [3.8, 4) is 0 Å². The van der Waals surface area contributed by atoms with E-state index in [0.29, 0.717) is 21.5 Å². The molecule has 1 aromatic heterocycles. The molecule has 0 aliphatic carbocycles. The van der Waals surface area contributed by atoms with Gasteiger partial charge >= 0.3 is 6.03 Å². The number of rotatable bonds is 3.